The molecule has 0 N–H and O–H groups in total. The summed E-state index contributed by atoms with van der Waals surface area (Å²) in [5.41, 5.74) is 6.63. The Hall–Kier alpha value is -3.04. The van der Waals surface area contributed by atoms with E-state index in [2.05, 4.69) is 65.6 Å². The van der Waals surface area contributed by atoms with Gasteiger partial charge in [0.2, 0.25) is 0 Å². The number of aromatic nitrogens is 2. The molecule has 3 aromatic carbocycles. The minimum Gasteiger partial charge on any atom is -0.297 e. The van der Waals surface area contributed by atoms with Gasteiger partial charge in [-0.1, -0.05) is 72.8 Å². The Kier molecular flexibility index (Phi) is 5.06. The van der Waals surface area contributed by atoms with Crippen LogP contribution in [0.2, 0.25) is 0 Å². The Morgan fingerprint density at radius 2 is 1.28 bits per heavy atom. The SMILES string of the molecule is c1ccc(-c2nc3ccccc3nc2CN2CCC(c3ccccc3)CC2)cc1. The van der Waals surface area contributed by atoms with Crippen LogP contribution in [0.1, 0.15) is 30.0 Å². The number of likely N-dealkylation sites (tertiary alicyclic amines) is 1. The van der Waals surface area contributed by atoms with Crippen LogP contribution in [0, 0.1) is 0 Å². The molecular formula is C26H25N3. The summed E-state index contributed by atoms with van der Waals surface area (Å²) in [5, 5.41) is 0. The molecule has 1 aliphatic rings. The van der Waals surface area contributed by atoms with Crippen LogP contribution in [-0.2, 0) is 6.54 Å². The summed E-state index contributed by atoms with van der Waals surface area (Å²) in [4.78, 5) is 12.5. The van der Waals surface area contributed by atoms with Crippen LogP contribution in [-0.4, -0.2) is 28.0 Å². The average molecular weight is 380 g/mol. The molecule has 1 aliphatic heterocycles. The second kappa shape index (κ2) is 8.14. The lowest BCUT2D eigenvalue weighted by atomic mass is 9.89. The lowest BCUT2D eigenvalue weighted by Crippen LogP contribution is -2.33. The third-order valence-electron chi connectivity index (χ3n) is 5.92. The normalized spacial score (nSPS) is 15.6. The van der Waals surface area contributed by atoms with E-state index < -0.39 is 0 Å². The maximum atomic E-state index is 5.02. The van der Waals surface area contributed by atoms with Crippen LogP contribution in [0.4, 0.5) is 0 Å². The first-order valence-corrected chi connectivity index (χ1v) is 10.5. The van der Waals surface area contributed by atoms with Gasteiger partial charge < -0.3 is 0 Å². The van der Waals surface area contributed by atoms with Crippen LogP contribution in [0.5, 0.6) is 0 Å². The lowest BCUT2D eigenvalue weighted by molar-refractivity contribution is 0.203. The Bertz CT molecular complexity index is 1080. The molecule has 5 rings (SSSR count). The highest BCUT2D eigenvalue weighted by Gasteiger charge is 2.22. The van der Waals surface area contributed by atoms with Crippen molar-refractivity contribution in [1.29, 1.82) is 0 Å². The van der Waals surface area contributed by atoms with Crippen LogP contribution in [0.3, 0.4) is 0 Å². The number of nitrogens with zero attached hydrogens (tertiary/aromatic N) is 3. The van der Waals surface area contributed by atoms with Gasteiger partial charge in [-0.05, 0) is 49.5 Å². The quantitative estimate of drug-likeness (QED) is 0.457. The van der Waals surface area contributed by atoms with E-state index in [4.69, 9.17) is 9.97 Å². The van der Waals surface area contributed by atoms with Crippen molar-refractivity contribution < 1.29 is 0 Å². The Balaban J connectivity index is 1.40. The second-order valence-electron chi connectivity index (χ2n) is 7.83. The van der Waals surface area contributed by atoms with Crippen molar-refractivity contribution >= 4 is 11.0 Å². The van der Waals surface area contributed by atoms with Crippen molar-refractivity contribution in [3.63, 3.8) is 0 Å². The van der Waals surface area contributed by atoms with Crippen LogP contribution in [0.15, 0.2) is 84.9 Å². The van der Waals surface area contributed by atoms with Gasteiger partial charge in [0.05, 0.1) is 22.4 Å². The third kappa shape index (κ3) is 3.92. The number of rotatable bonds is 4. The summed E-state index contributed by atoms with van der Waals surface area (Å²) in [7, 11) is 0. The highest BCUT2D eigenvalue weighted by atomic mass is 15.1. The maximum Gasteiger partial charge on any atom is 0.0938 e. The molecule has 3 nitrogen and oxygen atoms in total. The van der Waals surface area contributed by atoms with Crippen molar-refractivity contribution in [1.82, 2.24) is 14.9 Å². The molecule has 0 atom stereocenters. The molecule has 0 aliphatic carbocycles. The molecule has 2 heterocycles. The van der Waals surface area contributed by atoms with Gasteiger partial charge in [0, 0.05) is 12.1 Å². The highest BCUT2D eigenvalue weighted by molar-refractivity contribution is 5.78. The molecule has 1 saturated heterocycles. The van der Waals surface area contributed by atoms with Crippen LogP contribution >= 0.6 is 0 Å². The minimum atomic E-state index is 0.670. The Labute approximate surface area is 172 Å². The van der Waals surface area contributed by atoms with Crippen molar-refractivity contribution in [2.75, 3.05) is 13.1 Å². The summed E-state index contributed by atoms with van der Waals surface area (Å²) in [6, 6.07) is 29.5. The molecule has 3 heteroatoms. The number of hydrogen-bond acceptors (Lipinski definition) is 3. The molecule has 0 radical (unpaired) electrons. The zero-order chi connectivity index (χ0) is 19.5. The summed E-state index contributed by atoms with van der Waals surface area (Å²) in [6.07, 6.45) is 2.40. The van der Waals surface area contributed by atoms with Gasteiger partial charge in [-0.25, -0.2) is 9.97 Å². The highest BCUT2D eigenvalue weighted by Crippen LogP contribution is 2.30. The van der Waals surface area contributed by atoms with Gasteiger partial charge >= 0.3 is 0 Å². The van der Waals surface area contributed by atoms with Crippen LogP contribution in [0.25, 0.3) is 22.3 Å². The molecule has 4 aromatic rings. The largest absolute Gasteiger partial charge is 0.297 e. The summed E-state index contributed by atoms with van der Waals surface area (Å²) in [6.45, 7) is 3.05. The predicted molar refractivity (Wildman–Crippen MR) is 119 cm³/mol. The average Bonchev–Trinajstić information content (AvgIpc) is 2.80. The van der Waals surface area contributed by atoms with Crippen molar-refractivity contribution in [2.45, 2.75) is 25.3 Å². The fraction of sp³-hybridized carbons (Fsp3) is 0.231. The number of para-hydroxylation sites is 2. The number of hydrogen-bond donors (Lipinski definition) is 0. The summed E-state index contributed by atoms with van der Waals surface area (Å²) >= 11 is 0. The fourth-order valence-electron chi connectivity index (χ4n) is 4.34. The van der Waals surface area contributed by atoms with E-state index in [1.807, 2.05) is 24.3 Å². The number of piperidine rings is 1. The zero-order valence-electron chi connectivity index (χ0n) is 16.5. The minimum absolute atomic E-state index is 0.670. The molecule has 1 aromatic heterocycles. The monoisotopic (exact) mass is 379 g/mol. The van der Waals surface area contributed by atoms with Gasteiger partial charge in [-0.15, -0.1) is 0 Å². The van der Waals surface area contributed by atoms with E-state index in [0.717, 1.165) is 47.6 Å². The molecule has 0 amide bonds. The van der Waals surface area contributed by atoms with Gasteiger partial charge in [0.1, 0.15) is 0 Å². The molecule has 0 spiro atoms. The van der Waals surface area contributed by atoms with E-state index in [-0.39, 0.29) is 0 Å². The molecule has 0 bridgehead atoms. The second-order valence-corrected chi connectivity index (χ2v) is 7.83. The molecule has 1 fully saturated rings. The van der Waals surface area contributed by atoms with Crippen molar-refractivity contribution in [3.8, 4) is 11.3 Å². The number of benzene rings is 3. The van der Waals surface area contributed by atoms with E-state index >= 15 is 0 Å². The standard InChI is InChI=1S/C26H25N3/c1-3-9-20(10-4-1)21-15-17-29(18-16-21)19-25-26(22-11-5-2-6-12-22)28-24-14-8-7-13-23(24)27-25/h1-14,21H,15-19H2. The molecule has 0 saturated carbocycles. The van der Waals surface area contributed by atoms with Gasteiger partial charge in [0.15, 0.2) is 0 Å². The first-order valence-electron chi connectivity index (χ1n) is 10.5. The first-order chi connectivity index (χ1) is 14.4. The van der Waals surface area contributed by atoms with Gasteiger partial charge in [-0.2, -0.15) is 0 Å². The molecular weight excluding hydrogens is 354 g/mol. The zero-order valence-corrected chi connectivity index (χ0v) is 16.5. The van der Waals surface area contributed by atoms with E-state index in [9.17, 15) is 0 Å². The molecule has 144 valence electrons. The van der Waals surface area contributed by atoms with E-state index in [1.54, 1.807) is 0 Å². The summed E-state index contributed by atoms with van der Waals surface area (Å²) < 4.78 is 0. The van der Waals surface area contributed by atoms with E-state index in [1.165, 1.54) is 18.4 Å². The molecule has 29 heavy (non-hydrogen) atoms. The van der Waals surface area contributed by atoms with Crippen LogP contribution < -0.4 is 0 Å². The van der Waals surface area contributed by atoms with Gasteiger partial charge in [-0.3, -0.25) is 4.90 Å². The van der Waals surface area contributed by atoms with Gasteiger partial charge in [0.25, 0.3) is 0 Å². The smallest absolute Gasteiger partial charge is 0.0938 e. The fourth-order valence-corrected chi connectivity index (χ4v) is 4.34. The Morgan fingerprint density at radius 1 is 0.690 bits per heavy atom. The maximum absolute atomic E-state index is 5.02. The van der Waals surface area contributed by atoms with E-state index in [0.29, 0.717) is 5.92 Å². The topological polar surface area (TPSA) is 29.0 Å². The third-order valence-corrected chi connectivity index (χ3v) is 5.92. The summed E-state index contributed by atoms with van der Waals surface area (Å²) in [5.74, 6) is 0.670. The first kappa shape index (κ1) is 18.0. The number of fused-ring (bicyclic) bond motifs is 1. The molecule has 0 unspecified atom stereocenters. The Morgan fingerprint density at radius 3 is 1.97 bits per heavy atom. The lowest BCUT2D eigenvalue weighted by Gasteiger charge is -2.32. The van der Waals surface area contributed by atoms with Crippen molar-refractivity contribution in [2.24, 2.45) is 0 Å². The van der Waals surface area contributed by atoms with Crippen molar-refractivity contribution in [3.05, 3.63) is 96.2 Å². The predicted octanol–water partition coefficient (Wildman–Crippen LogP) is 5.68.